The molecule has 0 fully saturated rings. The highest BCUT2D eigenvalue weighted by Crippen LogP contribution is 2.22. The van der Waals surface area contributed by atoms with Crippen LogP contribution in [-0.4, -0.2) is 10.9 Å². The first-order chi connectivity index (χ1) is 11.1. The number of aromatic nitrogens is 1. The van der Waals surface area contributed by atoms with Crippen molar-refractivity contribution in [3.8, 4) is 11.3 Å². The third-order valence-electron chi connectivity index (χ3n) is 3.39. The van der Waals surface area contributed by atoms with Gasteiger partial charge in [-0.15, -0.1) is 0 Å². The standard InChI is InChI=1S/C18H15FN2O2/c1-12-2-3-14(10-20-12)18(22)21-11-16-8-9-17(23-16)13-4-6-15(19)7-5-13/h2-10H,11H2,1H3,(H,21,22). The predicted octanol–water partition coefficient (Wildman–Crippen LogP) is 3.72. The summed E-state index contributed by atoms with van der Waals surface area (Å²) >= 11 is 0. The molecule has 2 aromatic heterocycles. The van der Waals surface area contributed by atoms with Gasteiger partial charge < -0.3 is 9.73 Å². The van der Waals surface area contributed by atoms with Crippen molar-refractivity contribution in [1.29, 1.82) is 0 Å². The van der Waals surface area contributed by atoms with Gasteiger partial charge in [-0.2, -0.15) is 0 Å². The van der Waals surface area contributed by atoms with Crippen molar-refractivity contribution in [2.24, 2.45) is 0 Å². The summed E-state index contributed by atoms with van der Waals surface area (Å²) in [6, 6.07) is 13.1. The lowest BCUT2D eigenvalue weighted by Gasteiger charge is -2.03. The summed E-state index contributed by atoms with van der Waals surface area (Å²) in [5, 5.41) is 2.78. The number of furan rings is 1. The summed E-state index contributed by atoms with van der Waals surface area (Å²) in [4.78, 5) is 16.1. The summed E-state index contributed by atoms with van der Waals surface area (Å²) < 4.78 is 18.6. The largest absolute Gasteiger partial charge is 0.459 e. The lowest BCUT2D eigenvalue weighted by atomic mass is 10.2. The summed E-state index contributed by atoms with van der Waals surface area (Å²) in [5.74, 6) is 0.751. The number of halogens is 1. The second kappa shape index (κ2) is 6.44. The van der Waals surface area contributed by atoms with Gasteiger partial charge in [-0.3, -0.25) is 9.78 Å². The Bertz CT molecular complexity index is 808. The average molecular weight is 310 g/mol. The number of hydrogen-bond acceptors (Lipinski definition) is 3. The fraction of sp³-hybridized carbons (Fsp3) is 0.111. The molecule has 1 aromatic carbocycles. The molecule has 3 rings (SSSR count). The van der Waals surface area contributed by atoms with Gasteiger partial charge in [0.25, 0.3) is 5.91 Å². The van der Waals surface area contributed by atoms with E-state index in [0.717, 1.165) is 11.3 Å². The van der Waals surface area contributed by atoms with Crippen LogP contribution in [0.4, 0.5) is 4.39 Å². The molecule has 1 amide bonds. The average Bonchev–Trinajstić information content (AvgIpc) is 3.03. The number of rotatable bonds is 4. The van der Waals surface area contributed by atoms with Crippen molar-refractivity contribution in [2.45, 2.75) is 13.5 Å². The molecule has 0 saturated heterocycles. The van der Waals surface area contributed by atoms with E-state index in [1.165, 1.54) is 18.3 Å². The van der Waals surface area contributed by atoms with Crippen molar-refractivity contribution in [3.05, 3.63) is 77.6 Å². The zero-order valence-electron chi connectivity index (χ0n) is 12.5. The Kier molecular flexibility index (Phi) is 4.19. The smallest absolute Gasteiger partial charge is 0.253 e. The van der Waals surface area contributed by atoms with E-state index in [-0.39, 0.29) is 18.3 Å². The molecule has 0 aliphatic rings. The molecule has 4 nitrogen and oxygen atoms in total. The molecule has 0 atom stereocenters. The maximum atomic E-state index is 12.9. The number of benzene rings is 1. The highest BCUT2D eigenvalue weighted by molar-refractivity contribution is 5.93. The van der Waals surface area contributed by atoms with Gasteiger partial charge in [0.05, 0.1) is 12.1 Å². The number of carbonyl (C=O) groups excluding carboxylic acids is 1. The van der Waals surface area contributed by atoms with Gasteiger partial charge in [-0.05, 0) is 55.5 Å². The van der Waals surface area contributed by atoms with E-state index in [9.17, 15) is 9.18 Å². The van der Waals surface area contributed by atoms with Crippen LogP contribution < -0.4 is 5.32 Å². The normalized spacial score (nSPS) is 10.5. The van der Waals surface area contributed by atoms with Crippen LogP contribution in [0.25, 0.3) is 11.3 Å². The minimum Gasteiger partial charge on any atom is -0.459 e. The maximum Gasteiger partial charge on any atom is 0.253 e. The van der Waals surface area contributed by atoms with Crippen LogP contribution >= 0.6 is 0 Å². The maximum absolute atomic E-state index is 12.9. The summed E-state index contributed by atoms with van der Waals surface area (Å²) in [5.41, 5.74) is 2.14. The number of aryl methyl sites for hydroxylation is 1. The zero-order chi connectivity index (χ0) is 16.2. The molecule has 0 aliphatic carbocycles. The van der Waals surface area contributed by atoms with Crippen LogP contribution in [0.2, 0.25) is 0 Å². The van der Waals surface area contributed by atoms with Crippen LogP contribution in [0.5, 0.6) is 0 Å². The van der Waals surface area contributed by atoms with E-state index in [4.69, 9.17) is 4.42 Å². The summed E-state index contributed by atoms with van der Waals surface area (Å²) in [6.07, 6.45) is 1.54. The van der Waals surface area contributed by atoms with Gasteiger partial charge in [-0.1, -0.05) is 0 Å². The monoisotopic (exact) mass is 310 g/mol. The minimum atomic E-state index is -0.292. The highest BCUT2D eigenvalue weighted by Gasteiger charge is 2.08. The molecular formula is C18H15FN2O2. The number of nitrogens with zero attached hydrogens (tertiary/aromatic N) is 1. The molecule has 0 radical (unpaired) electrons. The second-order valence-corrected chi connectivity index (χ2v) is 5.14. The fourth-order valence-electron chi connectivity index (χ4n) is 2.11. The number of carbonyl (C=O) groups is 1. The molecule has 0 spiro atoms. The molecular weight excluding hydrogens is 295 g/mol. The molecule has 0 aliphatic heterocycles. The Morgan fingerprint density at radius 2 is 1.91 bits per heavy atom. The topological polar surface area (TPSA) is 55.1 Å². The number of nitrogens with one attached hydrogen (secondary N) is 1. The van der Waals surface area contributed by atoms with Crippen LogP contribution in [-0.2, 0) is 6.54 Å². The molecule has 116 valence electrons. The van der Waals surface area contributed by atoms with E-state index in [2.05, 4.69) is 10.3 Å². The fourth-order valence-corrected chi connectivity index (χ4v) is 2.11. The van der Waals surface area contributed by atoms with Crippen molar-refractivity contribution >= 4 is 5.91 Å². The third kappa shape index (κ3) is 3.63. The summed E-state index contributed by atoms with van der Waals surface area (Å²) in [6.45, 7) is 2.13. The van der Waals surface area contributed by atoms with E-state index in [1.54, 1.807) is 36.4 Å². The Morgan fingerprint density at radius 1 is 1.13 bits per heavy atom. The van der Waals surface area contributed by atoms with Crippen LogP contribution in [0.1, 0.15) is 21.8 Å². The van der Waals surface area contributed by atoms with Gasteiger partial charge in [0.1, 0.15) is 17.3 Å². The lowest BCUT2D eigenvalue weighted by molar-refractivity contribution is 0.0947. The van der Waals surface area contributed by atoms with Crippen LogP contribution in [0, 0.1) is 12.7 Å². The quantitative estimate of drug-likeness (QED) is 0.799. The van der Waals surface area contributed by atoms with Crippen molar-refractivity contribution < 1.29 is 13.6 Å². The first-order valence-electron chi connectivity index (χ1n) is 7.17. The van der Waals surface area contributed by atoms with Crippen LogP contribution in [0.3, 0.4) is 0 Å². The lowest BCUT2D eigenvalue weighted by Crippen LogP contribution is -2.22. The van der Waals surface area contributed by atoms with E-state index in [0.29, 0.717) is 17.1 Å². The first kappa shape index (κ1) is 15.0. The molecule has 0 saturated carbocycles. The third-order valence-corrected chi connectivity index (χ3v) is 3.39. The molecule has 0 unspecified atom stereocenters. The van der Waals surface area contributed by atoms with Gasteiger partial charge in [0.2, 0.25) is 0 Å². The number of hydrogen-bond donors (Lipinski definition) is 1. The molecule has 0 bridgehead atoms. The SMILES string of the molecule is Cc1ccc(C(=O)NCc2ccc(-c3ccc(F)cc3)o2)cn1. The van der Waals surface area contributed by atoms with E-state index < -0.39 is 0 Å². The molecule has 1 N–H and O–H groups in total. The summed E-state index contributed by atoms with van der Waals surface area (Å²) in [7, 11) is 0. The van der Waals surface area contributed by atoms with Crippen LogP contribution in [0.15, 0.2) is 59.1 Å². The van der Waals surface area contributed by atoms with E-state index in [1.807, 2.05) is 6.92 Å². The van der Waals surface area contributed by atoms with Gasteiger partial charge in [0, 0.05) is 17.5 Å². The van der Waals surface area contributed by atoms with Gasteiger partial charge in [0.15, 0.2) is 0 Å². The second-order valence-electron chi connectivity index (χ2n) is 5.14. The van der Waals surface area contributed by atoms with Crippen molar-refractivity contribution in [2.75, 3.05) is 0 Å². The number of pyridine rings is 1. The Labute approximate surface area is 133 Å². The molecule has 3 aromatic rings. The van der Waals surface area contributed by atoms with Crippen molar-refractivity contribution in [3.63, 3.8) is 0 Å². The Hall–Kier alpha value is -2.95. The molecule has 23 heavy (non-hydrogen) atoms. The molecule has 2 heterocycles. The van der Waals surface area contributed by atoms with Gasteiger partial charge in [-0.25, -0.2) is 4.39 Å². The number of amides is 1. The Balaban J connectivity index is 1.64. The van der Waals surface area contributed by atoms with Crippen molar-refractivity contribution in [1.82, 2.24) is 10.3 Å². The minimum absolute atomic E-state index is 0.211. The zero-order valence-corrected chi connectivity index (χ0v) is 12.5. The van der Waals surface area contributed by atoms with E-state index >= 15 is 0 Å². The first-order valence-corrected chi connectivity index (χ1v) is 7.17. The predicted molar refractivity (Wildman–Crippen MR) is 84.2 cm³/mol. The highest BCUT2D eigenvalue weighted by atomic mass is 19.1. The molecule has 5 heteroatoms. The Morgan fingerprint density at radius 3 is 2.61 bits per heavy atom. The van der Waals surface area contributed by atoms with Gasteiger partial charge >= 0.3 is 0 Å².